The zero-order chi connectivity index (χ0) is 13.8. The average molecular weight is 263 g/mol. The van der Waals surface area contributed by atoms with Crippen molar-refractivity contribution in [3.63, 3.8) is 0 Å². The minimum absolute atomic E-state index is 0.00207. The third-order valence-corrected chi connectivity index (χ3v) is 2.73. The normalized spacial score (nSPS) is 10.5. The fraction of sp³-hybridized carbons (Fsp3) is 0.385. The largest absolute Gasteiger partial charge is 0.493 e. The smallest absolute Gasteiger partial charge is 0.171 e. The fourth-order valence-corrected chi connectivity index (χ4v) is 1.97. The van der Waals surface area contributed by atoms with Gasteiger partial charge in [0.05, 0.1) is 32.9 Å². The van der Waals surface area contributed by atoms with Crippen LogP contribution in [0.4, 0.5) is 0 Å². The third kappa shape index (κ3) is 2.53. The van der Waals surface area contributed by atoms with E-state index in [1.165, 1.54) is 0 Å². The Balaban J connectivity index is 2.58. The molecule has 102 valence electrons. The van der Waals surface area contributed by atoms with Gasteiger partial charge in [0.2, 0.25) is 0 Å². The molecule has 0 bridgehead atoms. The van der Waals surface area contributed by atoms with E-state index in [2.05, 4.69) is 10.1 Å². The topological polar surface area (TPSA) is 69.4 Å². The average Bonchev–Trinajstić information content (AvgIpc) is 2.79. The molecule has 1 N–H and O–H groups in total. The van der Waals surface area contributed by atoms with E-state index in [-0.39, 0.29) is 6.61 Å². The van der Waals surface area contributed by atoms with Crippen LogP contribution >= 0.6 is 0 Å². The first kappa shape index (κ1) is 13.4. The van der Waals surface area contributed by atoms with Crippen LogP contribution in [0.15, 0.2) is 18.2 Å². The molecule has 0 unspecified atom stereocenters. The Labute approximate surface area is 111 Å². The molecule has 2 rings (SSSR count). The van der Waals surface area contributed by atoms with Crippen LogP contribution in [0.1, 0.15) is 5.82 Å². The van der Waals surface area contributed by atoms with Crippen LogP contribution in [-0.2, 0) is 6.54 Å². The van der Waals surface area contributed by atoms with Crippen LogP contribution in [0, 0.1) is 6.92 Å². The van der Waals surface area contributed by atoms with E-state index in [1.807, 2.05) is 25.1 Å². The Bertz CT molecular complexity index is 566. The van der Waals surface area contributed by atoms with Gasteiger partial charge in [0, 0.05) is 0 Å². The zero-order valence-electron chi connectivity index (χ0n) is 11.3. The van der Waals surface area contributed by atoms with Crippen LogP contribution in [0.25, 0.3) is 11.4 Å². The number of hydrogen-bond donors (Lipinski definition) is 1. The van der Waals surface area contributed by atoms with E-state index in [9.17, 15) is 0 Å². The van der Waals surface area contributed by atoms with Crippen molar-refractivity contribution in [1.29, 1.82) is 0 Å². The molecule has 1 heterocycles. The van der Waals surface area contributed by atoms with Crippen LogP contribution in [0.5, 0.6) is 11.5 Å². The van der Waals surface area contributed by atoms with Crippen molar-refractivity contribution in [2.75, 3.05) is 20.8 Å². The summed E-state index contributed by atoms with van der Waals surface area (Å²) in [5.41, 5.74) is 0.788. The van der Waals surface area contributed by atoms with Crippen molar-refractivity contribution in [1.82, 2.24) is 14.8 Å². The van der Waals surface area contributed by atoms with E-state index in [1.54, 1.807) is 18.9 Å². The summed E-state index contributed by atoms with van der Waals surface area (Å²) >= 11 is 0. The SMILES string of the molecule is COc1cccc(-c2nc(C)nn2CCO)c1OC. The Morgan fingerprint density at radius 1 is 1.26 bits per heavy atom. The Kier molecular flexibility index (Phi) is 4.01. The maximum absolute atomic E-state index is 9.08. The highest BCUT2D eigenvalue weighted by molar-refractivity contribution is 5.69. The molecule has 0 saturated heterocycles. The molecule has 0 radical (unpaired) electrons. The fourth-order valence-electron chi connectivity index (χ4n) is 1.97. The molecule has 0 amide bonds. The van der Waals surface area contributed by atoms with Crippen molar-refractivity contribution in [2.45, 2.75) is 13.5 Å². The second-order valence-electron chi connectivity index (χ2n) is 3.97. The van der Waals surface area contributed by atoms with E-state index in [4.69, 9.17) is 14.6 Å². The van der Waals surface area contributed by atoms with Gasteiger partial charge >= 0.3 is 0 Å². The molecule has 1 aromatic heterocycles. The lowest BCUT2D eigenvalue weighted by Crippen LogP contribution is -2.07. The monoisotopic (exact) mass is 263 g/mol. The van der Waals surface area contributed by atoms with Gasteiger partial charge in [-0.2, -0.15) is 5.10 Å². The number of methoxy groups -OCH3 is 2. The summed E-state index contributed by atoms with van der Waals surface area (Å²) in [5, 5.41) is 13.3. The second kappa shape index (κ2) is 5.71. The number of aryl methyl sites for hydroxylation is 1. The number of ether oxygens (including phenoxy) is 2. The summed E-state index contributed by atoms with van der Waals surface area (Å²) < 4.78 is 12.3. The lowest BCUT2D eigenvalue weighted by Gasteiger charge is -2.12. The highest BCUT2D eigenvalue weighted by Gasteiger charge is 2.17. The molecule has 0 atom stereocenters. The van der Waals surface area contributed by atoms with Crippen molar-refractivity contribution < 1.29 is 14.6 Å². The van der Waals surface area contributed by atoms with Gasteiger partial charge in [-0.25, -0.2) is 9.67 Å². The van der Waals surface area contributed by atoms with Gasteiger partial charge in [-0.15, -0.1) is 0 Å². The number of nitrogens with zero attached hydrogens (tertiary/aromatic N) is 3. The summed E-state index contributed by atoms with van der Waals surface area (Å²) in [6.07, 6.45) is 0. The Morgan fingerprint density at radius 2 is 2.05 bits per heavy atom. The van der Waals surface area contributed by atoms with Crippen molar-refractivity contribution >= 4 is 0 Å². The first-order valence-electron chi connectivity index (χ1n) is 5.95. The van der Waals surface area contributed by atoms with Gasteiger partial charge in [0.25, 0.3) is 0 Å². The van der Waals surface area contributed by atoms with Crippen LogP contribution in [0.3, 0.4) is 0 Å². The summed E-state index contributed by atoms with van der Waals surface area (Å²) in [6, 6.07) is 5.57. The maximum Gasteiger partial charge on any atom is 0.171 e. The van der Waals surface area contributed by atoms with E-state index in [0.29, 0.717) is 29.7 Å². The molecule has 2 aromatic rings. The number of benzene rings is 1. The van der Waals surface area contributed by atoms with E-state index >= 15 is 0 Å². The molecule has 6 heteroatoms. The predicted molar refractivity (Wildman–Crippen MR) is 70.4 cm³/mol. The van der Waals surface area contributed by atoms with E-state index < -0.39 is 0 Å². The Morgan fingerprint density at radius 3 is 2.68 bits per heavy atom. The molecular weight excluding hydrogens is 246 g/mol. The standard InChI is InChI=1S/C13H17N3O3/c1-9-14-13(16(15-9)7-8-17)10-5-4-6-11(18-2)12(10)19-3/h4-6,17H,7-8H2,1-3H3. The number of rotatable bonds is 5. The summed E-state index contributed by atoms with van der Waals surface area (Å²) in [5.74, 6) is 2.54. The van der Waals surface area contributed by atoms with Crippen molar-refractivity contribution in [3.05, 3.63) is 24.0 Å². The molecule has 0 aliphatic rings. The highest BCUT2D eigenvalue weighted by Crippen LogP contribution is 2.36. The molecule has 0 aliphatic heterocycles. The summed E-state index contributed by atoms with van der Waals surface area (Å²) in [6.45, 7) is 2.20. The van der Waals surface area contributed by atoms with Gasteiger partial charge in [-0.1, -0.05) is 6.07 Å². The van der Waals surface area contributed by atoms with Gasteiger partial charge in [0.15, 0.2) is 17.3 Å². The highest BCUT2D eigenvalue weighted by atomic mass is 16.5. The van der Waals surface area contributed by atoms with Gasteiger partial charge < -0.3 is 14.6 Å². The molecule has 6 nitrogen and oxygen atoms in total. The quantitative estimate of drug-likeness (QED) is 0.879. The second-order valence-corrected chi connectivity index (χ2v) is 3.97. The molecule has 0 spiro atoms. The number of para-hydroxylation sites is 1. The van der Waals surface area contributed by atoms with Crippen LogP contribution in [0.2, 0.25) is 0 Å². The first-order valence-corrected chi connectivity index (χ1v) is 5.95. The molecule has 1 aromatic carbocycles. The van der Waals surface area contributed by atoms with Gasteiger partial charge in [-0.3, -0.25) is 0 Å². The Hall–Kier alpha value is -2.08. The predicted octanol–water partition coefficient (Wildman–Crippen LogP) is 1.26. The molecule has 0 saturated carbocycles. The molecular formula is C13H17N3O3. The minimum Gasteiger partial charge on any atom is -0.493 e. The lowest BCUT2D eigenvalue weighted by molar-refractivity contribution is 0.270. The van der Waals surface area contributed by atoms with Gasteiger partial charge in [-0.05, 0) is 19.1 Å². The lowest BCUT2D eigenvalue weighted by atomic mass is 10.1. The van der Waals surface area contributed by atoms with Crippen LogP contribution in [-0.4, -0.2) is 40.7 Å². The summed E-state index contributed by atoms with van der Waals surface area (Å²) in [4.78, 5) is 4.39. The number of aromatic nitrogens is 3. The van der Waals surface area contributed by atoms with Crippen molar-refractivity contribution in [3.8, 4) is 22.9 Å². The van der Waals surface area contributed by atoms with Crippen LogP contribution < -0.4 is 9.47 Å². The molecule has 0 fully saturated rings. The van der Waals surface area contributed by atoms with Crippen molar-refractivity contribution in [2.24, 2.45) is 0 Å². The maximum atomic E-state index is 9.08. The molecule has 19 heavy (non-hydrogen) atoms. The first-order chi connectivity index (χ1) is 9.21. The number of aliphatic hydroxyl groups excluding tert-OH is 1. The van der Waals surface area contributed by atoms with Gasteiger partial charge in [0.1, 0.15) is 5.82 Å². The zero-order valence-corrected chi connectivity index (χ0v) is 11.3. The third-order valence-electron chi connectivity index (χ3n) is 2.73. The minimum atomic E-state index is 0.00207. The van der Waals surface area contributed by atoms with E-state index in [0.717, 1.165) is 5.56 Å². The number of hydrogen-bond acceptors (Lipinski definition) is 5. The number of aliphatic hydroxyl groups is 1. The summed E-state index contributed by atoms with van der Waals surface area (Å²) in [7, 11) is 3.17. The molecule has 0 aliphatic carbocycles.